The number of methoxy groups -OCH3 is 1. The highest BCUT2D eigenvalue weighted by Crippen LogP contribution is 2.29. The van der Waals surface area contributed by atoms with Crippen molar-refractivity contribution >= 4 is 17.7 Å². The maximum atomic E-state index is 12.1. The molecule has 0 aromatic heterocycles. The summed E-state index contributed by atoms with van der Waals surface area (Å²) in [5, 5.41) is 19.9. The Morgan fingerprint density at radius 3 is 2.83 bits per heavy atom. The molecule has 124 valence electrons. The van der Waals surface area contributed by atoms with E-state index in [1.165, 1.54) is 24.1 Å². The van der Waals surface area contributed by atoms with Gasteiger partial charge >= 0.3 is 12.1 Å². The Balaban J connectivity index is 2.17. The summed E-state index contributed by atoms with van der Waals surface area (Å²) in [6.07, 6.45) is -0.153. The predicted octanol–water partition coefficient (Wildman–Crippen LogP) is 1.93. The van der Waals surface area contributed by atoms with E-state index in [0.29, 0.717) is 18.5 Å². The molecule has 23 heavy (non-hydrogen) atoms. The summed E-state index contributed by atoms with van der Waals surface area (Å²) in [6, 6.07) is 6.10. The molecule has 0 radical (unpaired) electrons. The fourth-order valence-electron chi connectivity index (χ4n) is 2.93. The van der Waals surface area contributed by atoms with E-state index in [9.17, 15) is 19.7 Å². The number of nitro benzene ring substituents is 1. The van der Waals surface area contributed by atoms with Crippen molar-refractivity contribution in [1.82, 2.24) is 4.90 Å². The van der Waals surface area contributed by atoms with Gasteiger partial charge in [0.25, 0.3) is 5.69 Å². The Hall–Kier alpha value is -2.64. The van der Waals surface area contributed by atoms with Crippen LogP contribution in [-0.2, 0) is 16.0 Å². The van der Waals surface area contributed by atoms with Crippen LogP contribution in [0.1, 0.15) is 12.0 Å². The Kier molecular flexibility index (Phi) is 5.15. The smallest absolute Gasteiger partial charge is 0.407 e. The van der Waals surface area contributed by atoms with Crippen molar-refractivity contribution in [2.45, 2.75) is 12.8 Å². The lowest BCUT2D eigenvalue weighted by molar-refractivity contribution is -0.384. The van der Waals surface area contributed by atoms with Crippen LogP contribution in [0.25, 0.3) is 0 Å². The van der Waals surface area contributed by atoms with Crippen LogP contribution in [0.3, 0.4) is 0 Å². The summed E-state index contributed by atoms with van der Waals surface area (Å²) in [6.45, 7) is 0.645. The van der Waals surface area contributed by atoms with E-state index in [2.05, 4.69) is 0 Å². The van der Waals surface area contributed by atoms with Crippen molar-refractivity contribution in [1.29, 1.82) is 0 Å². The monoisotopic (exact) mass is 322 g/mol. The Labute approximate surface area is 132 Å². The lowest BCUT2D eigenvalue weighted by Gasteiger charge is -2.21. The summed E-state index contributed by atoms with van der Waals surface area (Å²) >= 11 is 0. The third-order valence-electron chi connectivity index (χ3n) is 4.15. The lowest BCUT2D eigenvalue weighted by atomic mass is 9.86. The highest BCUT2D eigenvalue weighted by molar-refractivity contribution is 5.73. The number of carbonyl (C=O) groups is 2. The van der Waals surface area contributed by atoms with Crippen LogP contribution < -0.4 is 0 Å². The number of nitrogens with zero attached hydrogens (tertiary/aromatic N) is 2. The molecule has 0 aliphatic carbocycles. The summed E-state index contributed by atoms with van der Waals surface area (Å²) < 4.78 is 4.83. The number of amides is 1. The molecule has 1 saturated heterocycles. The predicted molar refractivity (Wildman–Crippen MR) is 80.0 cm³/mol. The maximum Gasteiger partial charge on any atom is 0.407 e. The van der Waals surface area contributed by atoms with Crippen molar-refractivity contribution in [2.75, 3.05) is 20.2 Å². The van der Waals surface area contributed by atoms with Gasteiger partial charge < -0.3 is 14.7 Å². The number of nitro groups is 1. The van der Waals surface area contributed by atoms with Crippen molar-refractivity contribution in [3.05, 3.63) is 39.9 Å². The third-order valence-corrected chi connectivity index (χ3v) is 4.15. The average molecular weight is 322 g/mol. The first kappa shape index (κ1) is 16.7. The molecule has 2 rings (SSSR count). The van der Waals surface area contributed by atoms with E-state index in [1.54, 1.807) is 12.1 Å². The molecule has 1 amide bonds. The van der Waals surface area contributed by atoms with E-state index in [0.717, 1.165) is 0 Å². The van der Waals surface area contributed by atoms with Gasteiger partial charge in [-0.25, -0.2) is 4.79 Å². The first-order chi connectivity index (χ1) is 10.9. The summed E-state index contributed by atoms with van der Waals surface area (Å²) in [5.74, 6) is -1.10. The standard InChI is InChI=1S/C15H18N2O6/c1-23-14(18)13(11-5-6-16(9-11)15(19)20)8-10-3-2-4-12(7-10)17(21)22/h2-4,7,11,13H,5-6,8-9H2,1H3,(H,19,20)/t11-,13?/m0/s1. The molecule has 0 bridgehead atoms. The molecule has 1 aromatic carbocycles. The van der Waals surface area contributed by atoms with Crippen LogP contribution in [0.4, 0.5) is 10.5 Å². The van der Waals surface area contributed by atoms with Gasteiger partial charge in [-0.2, -0.15) is 0 Å². The van der Waals surface area contributed by atoms with Gasteiger partial charge in [0.15, 0.2) is 0 Å². The molecule has 8 nitrogen and oxygen atoms in total. The number of hydrogen-bond donors (Lipinski definition) is 1. The number of hydrogen-bond acceptors (Lipinski definition) is 5. The SMILES string of the molecule is COC(=O)C(Cc1cccc([N+](=O)[O-])c1)[C@H]1CCN(C(=O)O)C1. The first-order valence-electron chi connectivity index (χ1n) is 7.21. The second-order valence-electron chi connectivity index (χ2n) is 5.54. The molecule has 8 heteroatoms. The fourth-order valence-corrected chi connectivity index (χ4v) is 2.93. The van der Waals surface area contributed by atoms with Crippen LogP contribution in [0.2, 0.25) is 0 Å². The van der Waals surface area contributed by atoms with Gasteiger partial charge in [0.1, 0.15) is 0 Å². The highest BCUT2D eigenvalue weighted by Gasteiger charge is 2.36. The van der Waals surface area contributed by atoms with Crippen LogP contribution in [0.5, 0.6) is 0 Å². The number of carbonyl (C=O) groups excluding carboxylic acids is 1. The topological polar surface area (TPSA) is 110 Å². The average Bonchev–Trinajstić information content (AvgIpc) is 3.02. The van der Waals surface area contributed by atoms with Crippen molar-refractivity contribution in [2.24, 2.45) is 11.8 Å². The van der Waals surface area contributed by atoms with Crippen LogP contribution in [0, 0.1) is 22.0 Å². The van der Waals surface area contributed by atoms with E-state index in [1.807, 2.05) is 0 Å². The Morgan fingerprint density at radius 1 is 1.52 bits per heavy atom. The number of ether oxygens (including phenoxy) is 1. The molecule has 1 fully saturated rings. The van der Waals surface area contributed by atoms with E-state index < -0.39 is 22.9 Å². The summed E-state index contributed by atoms with van der Waals surface area (Å²) in [7, 11) is 1.28. The molecule has 1 aliphatic heterocycles. The van der Waals surface area contributed by atoms with E-state index >= 15 is 0 Å². The van der Waals surface area contributed by atoms with Crippen molar-refractivity contribution in [3.63, 3.8) is 0 Å². The largest absolute Gasteiger partial charge is 0.469 e. The molecular formula is C15H18N2O6. The Morgan fingerprint density at radius 2 is 2.26 bits per heavy atom. The number of rotatable bonds is 5. The Bertz CT molecular complexity index is 618. The van der Waals surface area contributed by atoms with Gasteiger partial charge in [-0.3, -0.25) is 14.9 Å². The molecular weight excluding hydrogens is 304 g/mol. The molecule has 1 aliphatic rings. The number of esters is 1. The quantitative estimate of drug-likeness (QED) is 0.504. The van der Waals surface area contributed by atoms with Crippen molar-refractivity contribution in [3.8, 4) is 0 Å². The van der Waals surface area contributed by atoms with Gasteiger partial charge in [0.2, 0.25) is 0 Å². The number of likely N-dealkylation sites (tertiary alicyclic amines) is 1. The molecule has 2 atom stereocenters. The molecule has 1 unspecified atom stereocenters. The third kappa shape index (κ3) is 3.97. The second kappa shape index (κ2) is 7.08. The number of benzene rings is 1. The zero-order valence-corrected chi connectivity index (χ0v) is 12.7. The first-order valence-corrected chi connectivity index (χ1v) is 7.21. The van der Waals surface area contributed by atoms with E-state index in [-0.39, 0.29) is 24.6 Å². The lowest BCUT2D eigenvalue weighted by Crippen LogP contribution is -2.32. The van der Waals surface area contributed by atoms with Gasteiger partial charge in [-0.1, -0.05) is 12.1 Å². The zero-order chi connectivity index (χ0) is 17.0. The number of carboxylic acid groups (broad SMARTS) is 1. The molecule has 1 N–H and O–H groups in total. The maximum absolute atomic E-state index is 12.1. The van der Waals surface area contributed by atoms with E-state index in [4.69, 9.17) is 9.84 Å². The summed E-state index contributed by atoms with van der Waals surface area (Å²) in [4.78, 5) is 34.7. The molecule has 1 heterocycles. The number of non-ortho nitro benzene ring substituents is 1. The van der Waals surface area contributed by atoms with Crippen molar-refractivity contribution < 1.29 is 24.4 Å². The minimum Gasteiger partial charge on any atom is -0.469 e. The van der Waals surface area contributed by atoms with Gasteiger partial charge in [0, 0.05) is 25.2 Å². The highest BCUT2D eigenvalue weighted by atomic mass is 16.6. The second-order valence-corrected chi connectivity index (χ2v) is 5.54. The molecule has 0 spiro atoms. The van der Waals surface area contributed by atoms with Crippen LogP contribution in [0.15, 0.2) is 24.3 Å². The minimum absolute atomic E-state index is 0.0373. The minimum atomic E-state index is -1.01. The van der Waals surface area contributed by atoms with Gasteiger partial charge in [-0.05, 0) is 24.3 Å². The summed E-state index contributed by atoms with van der Waals surface area (Å²) in [5.41, 5.74) is 0.619. The van der Waals surface area contributed by atoms with Gasteiger partial charge in [0.05, 0.1) is 18.0 Å². The van der Waals surface area contributed by atoms with Crippen LogP contribution >= 0.6 is 0 Å². The molecule has 1 aromatic rings. The van der Waals surface area contributed by atoms with Crippen LogP contribution in [-0.4, -0.2) is 47.2 Å². The van der Waals surface area contributed by atoms with Gasteiger partial charge in [-0.15, -0.1) is 0 Å². The normalized spacial score (nSPS) is 18.5. The fraction of sp³-hybridized carbons (Fsp3) is 0.467. The molecule has 0 saturated carbocycles. The zero-order valence-electron chi connectivity index (χ0n) is 12.7.